The van der Waals surface area contributed by atoms with Gasteiger partial charge in [0, 0.05) is 32.9 Å². The molecule has 0 spiro atoms. The molecular formula is C11H16N4O. The molecule has 2 N–H and O–H groups in total. The molecule has 0 aliphatic carbocycles. The Morgan fingerprint density at radius 3 is 3.19 bits per heavy atom. The van der Waals surface area contributed by atoms with Gasteiger partial charge in [-0.1, -0.05) is 6.07 Å². The van der Waals surface area contributed by atoms with Gasteiger partial charge in [0.25, 0.3) is 0 Å². The number of anilines is 1. The number of amides is 1. The molecule has 1 aromatic heterocycles. The molecule has 1 saturated heterocycles. The number of nitrogens with zero attached hydrogens (tertiary/aromatic N) is 2. The first-order chi connectivity index (χ1) is 7.83. The number of carbonyl (C=O) groups excluding carboxylic acids is 1. The number of hydrogen-bond donors (Lipinski definition) is 2. The van der Waals surface area contributed by atoms with Gasteiger partial charge < -0.3 is 15.5 Å². The van der Waals surface area contributed by atoms with Crippen molar-refractivity contribution in [3.63, 3.8) is 0 Å². The molecule has 86 valence electrons. The Labute approximate surface area is 94.9 Å². The van der Waals surface area contributed by atoms with Crippen LogP contribution in [0, 0.1) is 0 Å². The van der Waals surface area contributed by atoms with Crippen LogP contribution in [0.15, 0.2) is 24.4 Å². The van der Waals surface area contributed by atoms with Gasteiger partial charge in [-0.05, 0) is 12.1 Å². The van der Waals surface area contributed by atoms with Crippen molar-refractivity contribution in [1.82, 2.24) is 15.6 Å². The van der Waals surface area contributed by atoms with Crippen molar-refractivity contribution in [3.05, 3.63) is 24.4 Å². The second kappa shape index (κ2) is 4.94. The summed E-state index contributed by atoms with van der Waals surface area (Å²) in [6, 6.07) is 5.57. The first-order valence-corrected chi connectivity index (χ1v) is 5.43. The van der Waals surface area contributed by atoms with E-state index in [9.17, 15) is 4.79 Å². The zero-order valence-electron chi connectivity index (χ0n) is 9.31. The average Bonchev–Trinajstić information content (AvgIpc) is 2.39. The minimum atomic E-state index is -0.173. The highest BCUT2D eigenvalue weighted by Crippen LogP contribution is 2.14. The van der Waals surface area contributed by atoms with Crippen LogP contribution >= 0.6 is 0 Å². The van der Waals surface area contributed by atoms with E-state index in [1.54, 1.807) is 13.2 Å². The van der Waals surface area contributed by atoms with Crippen LogP contribution in [0.3, 0.4) is 0 Å². The van der Waals surface area contributed by atoms with E-state index in [1.165, 1.54) is 0 Å². The van der Waals surface area contributed by atoms with Gasteiger partial charge in [0.1, 0.15) is 11.9 Å². The Bertz CT molecular complexity index is 354. The number of nitrogens with one attached hydrogen (secondary N) is 2. The molecule has 1 aliphatic heterocycles. The fourth-order valence-corrected chi connectivity index (χ4v) is 1.90. The number of rotatable bonds is 2. The van der Waals surface area contributed by atoms with Crippen LogP contribution in [-0.4, -0.2) is 43.6 Å². The van der Waals surface area contributed by atoms with E-state index < -0.39 is 0 Å². The van der Waals surface area contributed by atoms with E-state index in [2.05, 4.69) is 15.6 Å². The predicted octanol–water partition coefficient (Wildman–Crippen LogP) is -0.394. The highest BCUT2D eigenvalue weighted by atomic mass is 16.2. The Balaban J connectivity index is 2.20. The highest BCUT2D eigenvalue weighted by molar-refractivity contribution is 5.85. The summed E-state index contributed by atoms with van der Waals surface area (Å²) in [5.74, 6) is 0.885. The molecule has 5 heteroatoms. The first kappa shape index (κ1) is 10.9. The first-order valence-electron chi connectivity index (χ1n) is 5.43. The van der Waals surface area contributed by atoms with Crippen LogP contribution in [0.1, 0.15) is 0 Å². The number of pyridine rings is 1. The molecule has 0 radical (unpaired) electrons. The topological polar surface area (TPSA) is 57.3 Å². The van der Waals surface area contributed by atoms with Gasteiger partial charge in [0.15, 0.2) is 0 Å². The smallest absolute Gasteiger partial charge is 0.243 e. The molecule has 1 amide bonds. The maximum Gasteiger partial charge on any atom is 0.243 e. The predicted molar refractivity (Wildman–Crippen MR) is 62.3 cm³/mol. The minimum Gasteiger partial charge on any atom is -0.357 e. The Hall–Kier alpha value is -1.62. The van der Waals surface area contributed by atoms with E-state index in [0.29, 0.717) is 6.54 Å². The lowest BCUT2D eigenvalue weighted by atomic mass is 10.1. The van der Waals surface area contributed by atoms with Gasteiger partial charge in [-0.2, -0.15) is 0 Å². The average molecular weight is 220 g/mol. The summed E-state index contributed by atoms with van der Waals surface area (Å²) < 4.78 is 0. The van der Waals surface area contributed by atoms with Gasteiger partial charge >= 0.3 is 0 Å². The molecule has 1 fully saturated rings. The molecule has 0 bridgehead atoms. The maximum atomic E-state index is 11.7. The van der Waals surface area contributed by atoms with Crippen LogP contribution in [-0.2, 0) is 4.79 Å². The molecule has 0 aromatic carbocycles. The molecule has 5 nitrogen and oxygen atoms in total. The molecule has 2 rings (SSSR count). The lowest BCUT2D eigenvalue weighted by molar-refractivity contribution is -0.122. The SMILES string of the molecule is CNC(=O)C1CNCCN1c1ccccn1. The molecule has 16 heavy (non-hydrogen) atoms. The summed E-state index contributed by atoms with van der Waals surface area (Å²) in [7, 11) is 1.66. The normalized spacial score (nSPS) is 20.6. The third kappa shape index (κ3) is 2.14. The Kier molecular flexibility index (Phi) is 3.36. The van der Waals surface area contributed by atoms with Crippen molar-refractivity contribution < 1.29 is 4.79 Å². The molecule has 1 atom stereocenters. The third-order valence-corrected chi connectivity index (χ3v) is 2.74. The summed E-state index contributed by atoms with van der Waals surface area (Å²) in [5, 5.41) is 5.91. The van der Waals surface area contributed by atoms with Crippen LogP contribution < -0.4 is 15.5 Å². The van der Waals surface area contributed by atoms with Crippen molar-refractivity contribution in [2.75, 3.05) is 31.6 Å². The quantitative estimate of drug-likeness (QED) is 0.712. The van der Waals surface area contributed by atoms with Gasteiger partial charge in [-0.15, -0.1) is 0 Å². The van der Waals surface area contributed by atoms with Crippen LogP contribution in [0.2, 0.25) is 0 Å². The molecule has 1 aliphatic rings. The number of likely N-dealkylation sites (N-methyl/N-ethyl adjacent to an activating group) is 1. The van der Waals surface area contributed by atoms with Crippen molar-refractivity contribution >= 4 is 11.7 Å². The third-order valence-electron chi connectivity index (χ3n) is 2.74. The second-order valence-corrected chi connectivity index (χ2v) is 3.72. The maximum absolute atomic E-state index is 11.7. The Morgan fingerprint density at radius 1 is 1.62 bits per heavy atom. The molecule has 1 aromatic rings. The zero-order valence-corrected chi connectivity index (χ0v) is 9.31. The van der Waals surface area contributed by atoms with Crippen molar-refractivity contribution in [2.45, 2.75) is 6.04 Å². The van der Waals surface area contributed by atoms with Crippen molar-refractivity contribution in [3.8, 4) is 0 Å². The number of aromatic nitrogens is 1. The molecule has 1 unspecified atom stereocenters. The van der Waals surface area contributed by atoms with Crippen molar-refractivity contribution in [2.24, 2.45) is 0 Å². The van der Waals surface area contributed by atoms with Crippen LogP contribution in [0.5, 0.6) is 0 Å². The Morgan fingerprint density at radius 2 is 2.50 bits per heavy atom. The molecular weight excluding hydrogens is 204 g/mol. The summed E-state index contributed by atoms with van der Waals surface area (Å²) in [6.07, 6.45) is 1.75. The monoisotopic (exact) mass is 220 g/mol. The summed E-state index contributed by atoms with van der Waals surface area (Å²) in [5.41, 5.74) is 0. The van der Waals surface area contributed by atoms with E-state index in [1.807, 2.05) is 23.1 Å². The van der Waals surface area contributed by atoms with E-state index >= 15 is 0 Å². The zero-order chi connectivity index (χ0) is 11.4. The fraction of sp³-hybridized carbons (Fsp3) is 0.455. The van der Waals surface area contributed by atoms with E-state index in [4.69, 9.17) is 0 Å². The van der Waals surface area contributed by atoms with Gasteiger partial charge in [0.2, 0.25) is 5.91 Å². The standard InChI is InChI=1S/C11H16N4O/c1-12-11(16)9-8-13-6-7-15(9)10-4-2-3-5-14-10/h2-5,9,13H,6-8H2,1H3,(H,12,16). The number of piperazine rings is 1. The summed E-state index contributed by atoms with van der Waals surface area (Å²) >= 11 is 0. The molecule has 0 saturated carbocycles. The highest BCUT2D eigenvalue weighted by Gasteiger charge is 2.28. The summed E-state index contributed by atoms with van der Waals surface area (Å²) in [4.78, 5) is 18.1. The lowest BCUT2D eigenvalue weighted by Crippen LogP contribution is -2.57. The largest absolute Gasteiger partial charge is 0.357 e. The lowest BCUT2D eigenvalue weighted by Gasteiger charge is -2.35. The summed E-state index contributed by atoms with van der Waals surface area (Å²) in [6.45, 7) is 2.34. The van der Waals surface area contributed by atoms with Crippen LogP contribution in [0.4, 0.5) is 5.82 Å². The number of hydrogen-bond acceptors (Lipinski definition) is 4. The minimum absolute atomic E-state index is 0.0258. The molecule has 2 heterocycles. The number of carbonyl (C=O) groups is 1. The van der Waals surface area contributed by atoms with E-state index in [0.717, 1.165) is 18.9 Å². The van der Waals surface area contributed by atoms with Crippen molar-refractivity contribution in [1.29, 1.82) is 0 Å². The van der Waals surface area contributed by atoms with Crippen LogP contribution in [0.25, 0.3) is 0 Å². The van der Waals surface area contributed by atoms with Gasteiger partial charge in [0.05, 0.1) is 0 Å². The van der Waals surface area contributed by atoms with E-state index in [-0.39, 0.29) is 11.9 Å². The van der Waals surface area contributed by atoms with Gasteiger partial charge in [-0.25, -0.2) is 4.98 Å². The van der Waals surface area contributed by atoms with Gasteiger partial charge in [-0.3, -0.25) is 4.79 Å². The fourth-order valence-electron chi connectivity index (χ4n) is 1.90. The second-order valence-electron chi connectivity index (χ2n) is 3.72.